The minimum atomic E-state index is -0.435. The zero-order valence-corrected chi connectivity index (χ0v) is 10.4. The normalized spacial score (nSPS) is 10.9. The molecule has 0 radical (unpaired) electrons. The summed E-state index contributed by atoms with van der Waals surface area (Å²) in [5.41, 5.74) is 7.03. The second-order valence-electron chi connectivity index (χ2n) is 3.89. The summed E-state index contributed by atoms with van der Waals surface area (Å²) in [6.45, 7) is 0.340. The fourth-order valence-electron chi connectivity index (χ4n) is 1.77. The first-order valence-electron chi connectivity index (χ1n) is 5.32. The molecule has 19 heavy (non-hydrogen) atoms. The molecule has 0 fully saturated rings. The maximum atomic E-state index is 10.8. The number of rotatable bonds is 3. The van der Waals surface area contributed by atoms with Gasteiger partial charge in [0.05, 0.1) is 23.2 Å². The van der Waals surface area contributed by atoms with Gasteiger partial charge in [-0.1, -0.05) is 4.49 Å². The highest BCUT2D eigenvalue weighted by atomic mass is 32.1. The lowest BCUT2D eigenvalue weighted by molar-refractivity contribution is -0.384. The molecule has 0 bridgehead atoms. The summed E-state index contributed by atoms with van der Waals surface area (Å²) in [6, 6.07) is 4.60. The number of nitrogens with two attached hydrogens (primary N) is 1. The molecule has 0 spiro atoms. The molecule has 0 aliphatic rings. The highest BCUT2D eigenvalue weighted by Gasteiger charge is 2.12. The number of non-ortho nitro benzene ring substituents is 1. The van der Waals surface area contributed by atoms with Gasteiger partial charge in [0.25, 0.3) is 5.69 Å². The lowest BCUT2D eigenvalue weighted by Crippen LogP contribution is -2.04. The predicted octanol–water partition coefficient (Wildman–Crippen LogP) is 1.43. The van der Waals surface area contributed by atoms with Crippen LogP contribution in [0.1, 0.15) is 5.69 Å². The Balaban J connectivity index is 2.06. The van der Waals surface area contributed by atoms with Crippen LogP contribution in [0.4, 0.5) is 10.7 Å². The Labute approximate surface area is 110 Å². The smallest absolute Gasteiger partial charge is 0.271 e. The van der Waals surface area contributed by atoms with Crippen molar-refractivity contribution in [2.75, 3.05) is 5.73 Å². The van der Waals surface area contributed by atoms with Crippen molar-refractivity contribution in [1.82, 2.24) is 19.4 Å². The first kappa shape index (κ1) is 11.5. The number of nitro groups is 1. The zero-order valence-electron chi connectivity index (χ0n) is 9.55. The topological polar surface area (TPSA) is 113 Å². The van der Waals surface area contributed by atoms with Crippen LogP contribution in [0.25, 0.3) is 10.9 Å². The van der Waals surface area contributed by atoms with E-state index in [0.717, 1.165) is 16.9 Å². The molecule has 2 aromatic heterocycles. The van der Waals surface area contributed by atoms with Gasteiger partial charge in [-0.05, 0) is 6.07 Å². The van der Waals surface area contributed by atoms with Crippen molar-refractivity contribution in [1.29, 1.82) is 0 Å². The van der Waals surface area contributed by atoms with Gasteiger partial charge in [-0.25, -0.2) is 0 Å². The summed E-state index contributed by atoms with van der Waals surface area (Å²) in [7, 11) is 0. The summed E-state index contributed by atoms with van der Waals surface area (Å²) in [4.78, 5) is 10.3. The molecule has 8 nitrogen and oxygen atoms in total. The lowest BCUT2D eigenvalue weighted by Gasteiger charge is -2.01. The summed E-state index contributed by atoms with van der Waals surface area (Å²) >= 11 is 1.11. The maximum Gasteiger partial charge on any atom is 0.271 e. The van der Waals surface area contributed by atoms with Gasteiger partial charge in [-0.2, -0.15) is 5.10 Å². The third-order valence-electron chi connectivity index (χ3n) is 2.72. The van der Waals surface area contributed by atoms with Crippen LogP contribution in [-0.4, -0.2) is 24.3 Å². The molecule has 96 valence electrons. The maximum absolute atomic E-state index is 10.8. The third kappa shape index (κ3) is 1.99. The average molecular weight is 276 g/mol. The Morgan fingerprint density at radius 2 is 2.32 bits per heavy atom. The minimum absolute atomic E-state index is 0.0265. The molecule has 2 N–H and O–H groups in total. The SMILES string of the molecule is Nc1snnc1Cn1ncc2ccc([N+](=O)[O-])cc21. The van der Waals surface area contributed by atoms with Crippen LogP contribution < -0.4 is 5.73 Å². The van der Waals surface area contributed by atoms with E-state index >= 15 is 0 Å². The standard InChI is InChI=1S/C10H8N6O2S/c11-10-8(13-14-19-10)5-15-9-3-7(16(17)18)2-1-6(9)4-12-15/h1-4H,5,11H2. The first-order valence-corrected chi connectivity index (χ1v) is 6.09. The van der Waals surface area contributed by atoms with E-state index in [1.165, 1.54) is 12.1 Å². The van der Waals surface area contributed by atoms with Crippen molar-refractivity contribution in [3.63, 3.8) is 0 Å². The van der Waals surface area contributed by atoms with Gasteiger partial charge in [0, 0.05) is 29.1 Å². The number of nitrogen functional groups attached to an aromatic ring is 1. The number of hydrogen-bond donors (Lipinski definition) is 1. The number of hydrogen-bond acceptors (Lipinski definition) is 7. The van der Waals surface area contributed by atoms with E-state index in [4.69, 9.17) is 5.73 Å². The molecule has 0 unspecified atom stereocenters. The molecule has 0 amide bonds. The highest BCUT2D eigenvalue weighted by molar-refractivity contribution is 7.09. The monoisotopic (exact) mass is 276 g/mol. The third-order valence-corrected chi connectivity index (χ3v) is 3.32. The first-order chi connectivity index (χ1) is 9.15. The molecule has 3 aromatic rings. The van der Waals surface area contributed by atoms with Crippen molar-refractivity contribution < 1.29 is 4.92 Å². The summed E-state index contributed by atoms with van der Waals surface area (Å²) in [6.07, 6.45) is 1.65. The molecule has 3 rings (SSSR count). The summed E-state index contributed by atoms with van der Waals surface area (Å²) in [5.74, 6) is 0. The molecular weight excluding hydrogens is 268 g/mol. The molecule has 2 heterocycles. The Morgan fingerprint density at radius 1 is 1.47 bits per heavy atom. The molecule has 0 atom stereocenters. The quantitative estimate of drug-likeness (QED) is 0.571. The van der Waals surface area contributed by atoms with Crippen molar-refractivity contribution in [2.24, 2.45) is 0 Å². The molecule has 0 saturated heterocycles. The molecule has 9 heteroatoms. The van der Waals surface area contributed by atoms with E-state index < -0.39 is 4.92 Å². The Kier molecular flexibility index (Phi) is 2.60. The van der Waals surface area contributed by atoms with Crippen LogP contribution in [0.15, 0.2) is 24.4 Å². The van der Waals surface area contributed by atoms with Crippen LogP contribution in [-0.2, 0) is 6.54 Å². The number of fused-ring (bicyclic) bond motifs is 1. The second kappa shape index (κ2) is 4.28. The number of aromatic nitrogens is 4. The lowest BCUT2D eigenvalue weighted by atomic mass is 10.2. The molecule has 1 aromatic carbocycles. The van der Waals surface area contributed by atoms with E-state index in [1.807, 2.05) is 0 Å². The summed E-state index contributed by atoms with van der Waals surface area (Å²) < 4.78 is 5.37. The average Bonchev–Trinajstić information content (AvgIpc) is 2.97. The molecular formula is C10H8N6O2S. The van der Waals surface area contributed by atoms with Crippen LogP contribution >= 0.6 is 11.5 Å². The number of nitrogens with zero attached hydrogens (tertiary/aromatic N) is 5. The highest BCUT2D eigenvalue weighted by Crippen LogP contribution is 2.22. The fourth-order valence-corrected chi connectivity index (χ4v) is 2.20. The van der Waals surface area contributed by atoms with E-state index in [9.17, 15) is 10.1 Å². The van der Waals surface area contributed by atoms with Crippen LogP contribution in [0, 0.1) is 10.1 Å². The van der Waals surface area contributed by atoms with Crippen molar-refractivity contribution in [3.8, 4) is 0 Å². The van der Waals surface area contributed by atoms with Crippen molar-refractivity contribution >= 4 is 33.1 Å². The summed E-state index contributed by atoms with van der Waals surface area (Å²) in [5, 5.41) is 20.2. The number of anilines is 1. The minimum Gasteiger partial charge on any atom is -0.388 e. The van der Waals surface area contributed by atoms with Crippen molar-refractivity contribution in [3.05, 3.63) is 40.2 Å². The number of nitro benzene ring substituents is 1. The molecule has 0 aliphatic heterocycles. The van der Waals surface area contributed by atoms with Gasteiger partial charge in [0.2, 0.25) is 0 Å². The van der Waals surface area contributed by atoms with Gasteiger partial charge in [-0.15, -0.1) is 5.10 Å². The van der Waals surface area contributed by atoms with E-state index in [0.29, 0.717) is 22.8 Å². The Hall–Kier alpha value is -2.55. The van der Waals surface area contributed by atoms with E-state index in [1.54, 1.807) is 16.9 Å². The van der Waals surface area contributed by atoms with E-state index in [2.05, 4.69) is 14.7 Å². The van der Waals surface area contributed by atoms with Gasteiger partial charge in [0.15, 0.2) is 0 Å². The fraction of sp³-hybridized carbons (Fsp3) is 0.100. The van der Waals surface area contributed by atoms with Crippen LogP contribution in [0.5, 0.6) is 0 Å². The van der Waals surface area contributed by atoms with Gasteiger partial charge in [0.1, 0.15) is 10.7 Å². The van der Waals surface area contributed by atoms with Gasteiger partial charge in [-0.3, -0.25) is 14.8 Å². The number of benzene rings is 1. The Bertz CT molecular complexity index is 764. The molecule has 0 aliphatic carbocycles. The van der Waals surface area contributed by atoms with Crippen LogP contribution in [0.2, 0.25) is 0 Å². The van der Waals surface area contributed by atoms with Crippen molar-refractivity contribution in [2.45, 2.75) is 6.54 Å². The van der Waals surface area contributed by atoms with Gasteiger partial charge >= 0.3 is 0 Å². The van der Waals surface area contributed by atoms with Gasteiger partial charge < -0.3 is 5.73 Å². The largest absolute Gasteiger partial charge is 0.388 e. The zero-order chi connectivity index (χ0) is 13.4. The van der Waals surface area contributed by atoms with Crippen LogP contribution in [0.3, 0.4) is 0 Å². The molecule has 0 saturated carbocycles. The predicted molar refractivity (Wildman–Crippen MR) is 69.8 cm³/mol. The Morgan fingerprint density at radius 3 is 3.00 bits per heavy atom. The van der Waals surface area contributed by atoms with E-state index in [-0.39, 0.29) is 5.69 Å². The second-order valence-corrected chi connectivity index (χ2v) is 4.67.